The van der Waals surface area contributed by atoms with E-state index in [1.54, 1.807) is 0 Å². The maximum atomic E-state index is 9.43. The minimum Gasteiger partial charge on any atom is -0.457 e. The second-order valence-corrected chi connectivity index (χ2v) is 23.1. The summed E-state index contributed by atoms with van der Waals surface area (Å²) in [7, 11) is 0. The van der Waals surface area contributed by atoms with Gasteiger partial charge in [0, 0.05) is 53.9 Å². The van der Waals surface area contributed by atoms with Crippen LogP contribution in [0.1, 0.15) is 74.8 Å². The Morgan fingerprint density at radius 1 is 0.506 bits per heavy atom. The van der Waals surface area contributed by atoms with Crippen molar-refractivity contribution in [3.63, 3.8) is 0 Å². The quantitative estimate of drug-likeness (QED) is 0.152. The smallest absolute Gasteiger partial charge is 0.137 e. The van der Waals surface area contributed by atoms with Crippen LogP contribution in [0, 0.1) is 5.92 Å². The normalized spacial score (nSPS) is 13.3. The van der Waals surface area contributed by atoms with Crippen molar-refractivity contribution in [2.75, 3.05) is 4.90 Å². The van der Waals surface area contributed by atoms with E-state index in [4.69, 9.17) is 9.72 Å². The molecule has 13 rings (SSSR count). The van der Waals surface area contributed by atoms with E-state index in [9.17, 15) is 2.74 Å². The number of anilines is 2. The number of pyridine rings is 1. The largest absolute Gasteiger partial charge is 0.457 e. The molecule has 12 aromatic rings. The van der Waals surface area contributed by atoms with Crippen molar-refractivity contribution in [1.29, 1.82) is 0 Å². The van der Waals surface area contributed by atoms with Gasteiger partial charge in [-0.05, 0) is 127 Å². The highest BCUT2D eigenvalue weighted by Gasteiger charge is 2.27. The lowest BCUT2D eigenvalue weighted by Crippen LogP contribution is -2.15. The van der Waals surface area contributed by atoms with E-state index in [1.165, 1.54) is 27.3 Å². The molecular formula is C72H64N4O. The molecule has 0 atom stereocenters. The predicted octanol–water partition coefficient (Wildman–Crippen LogP) is 19.7. The van der Waals surface area contributed by atoms with Crippen molar-refractivity contribution < 1.29 is 7.48 Å². The maximum absolute atomic E-state index is 9.43. The number of rotatable bonds is 8. The first kappa shape index (κ1) is 45.7. The predicted molar refractivity (Wildman–Crippen MR) is 326 cm³/mol. The number of aromatic nitrogens is 3. The molecule has 0 spiro atoms. The fourth-order valence-corrected chi connectivity index (χ4v) is 11.8. The number of para-hydroxylation sites is 2. The van der Waals surface area contributed by atoms with Gasteiger partial charge in [0.15, 0.2) is 0 Å². The summed E-state index contributed by atoms with van der Waals surface area (Å²) in [4.78, 5) is 7.43. The van der Waals surface area contributed by atoms with Crippen LogP contribution in [0.2, 0.25) is 0 Å². The van der Waals surface area contributed by atoms with E-state index >= 15 is 0 Å². The highest BCUT2D eigenvalue weighted by Crippen LogP contribution is 2.46. The molecule has 4 heterocycles. The molecule has 3 aromatic heterocycles. The van der Waals surface area contributed by atoms with Gasteiger partial charge in [-0.1, -0.05) is 201 Å². The molecule has 0 N–H and O–H groups in total. The molecule has 1 aliphatic heterocycles. The standard InChI is InChI=1S/C72H64N4O/c1-46(2)38-47-39-49(41-51(40-47)72(6,7)8)56-29-17-30-61-59-26-14-12-24-57(59)58-25-13-15-27-60(58)62-31-19-33-65-70(62)75(69(56)61)45-74(65)52-22-16-23-53(43-52)77-54-34-35-63-66(44-54)76(67-42-50(36-37-73-67)71(3,4)5)64-32-18-28-55(68(63)64)48-20-10-9-11-21-48/h9-37,39-44,46H,38,45H2,1-8H3/i38D2. The van der Waals surface area contributed by atoms with Crippen molar-refractivity contribution in [2.24, 2.45) is 5.92 Å². The highest BCUT2D eigenvalue weighted by molar-refractivity contribution is 6.22. The third-order valence-corrected chi connectivity index (χ3v) is 15.5. The molecule has 5 heteroatoms. The molecule has 0 bridgehead atoms. The summed E-state index contributed by atoms with van der Waals surface area (Å²) in [5.74, 6) is 2.09. The highest BCUT2D eigenvalue weighted by atomic mass is 16.5. The average molecular weight is 1000 g/mol. The van der Waals surface area contributed by atoms with Gasteiger partial charge < -0.3 is 14.2 Å². The zero-order chi connectivity index (χ0) is 54.5. The number of ether oxygens (including phenoxy) is 1. The maximum Gasteiger partial charge on any atom is 0.137 e. The van der Waals surface area contributed by atoms with Crippen molar-refractivity contribution in [3.8, 4) is 39.6 Å². The van der Waals surface area contributed by atoms with Gasteiger partial charge in [-0.2, -0.15) is 0 Å². The molecule has 0 saturated carbocycles. The Morgan fingerprint density at radius 3 is 1.84 bits per heavy atom. The summed E-state index contributed by atoms with van der Waals surface area (Å²) in [5.41, 5.74) is 13.5. The Hall–Kier alpha value is -8.67. The van der Waals surface area contributed by atoms with E-state index in [2.05, 4.69) is 256 Å². The lowest BCUT2D eigenvalue weighted by atomic mass is 9.83. The lowest BCUT2D eigenvalue weighted by molar-refractivity contribution is 0.483. The van der Waals surface area contributed by atoms with E-state index in [0.717, 1.165) is 99.9 Å². The summed E-state index contributed by atoms with van der Waals surface area (Å²) >= 11 is 0. The Kier molecular flexibility index (Phi) is 11.0. The molecule has 5 nitrogen and oxygen atoms in total. The second-order valence-electron chi connectivity index (χ2n) is 23.1. The van der Waals surface area contributed by atoms with Crippen LogP contribution in [-0.4, -0.2) is 14.1 Å². The van der Waals surface area contributed by atoms with E-state index in [-0.39, 0.29) is 16.7 Å². The van der Waals surface area contributed by atoms with Crippen molar-refractivity contribution in [3.05, 3.63) is 229 Å². The number of hydrogen-bond donors (Lipinski definition) is 0. The average Bonchev–Trinajstić information content (AvgIpc) is 3.78. The van der Waals surface area contributed by atoms with E-state index in [0.29, 0.717) is 12.2 Å². The zero-order valence-electron chi connectivity index (χ0n) is 47.2. The van der Waals surface area contributed by atoms with E-state index < -0.39 is 6.37 Å². The summed E-state index contributed by atoms with van der Waals surface area (Å²) in [6, 6.07) is 74.0. The fraction of sp³-hybridized carbons (Fsp3) is 0.181. The minimum atomic E-state index is -1.55. The summed E-state index contributed by atoms with van der Waals surface area (Å²) < 4.78 is 30.7. The van der Waals surface area contributed by atoms with Crippen LogP contribution in [0.15, 0.2) is 212 Å². The molecule has 1 aliphatic rings. The third kappa shape index (κ3) is 8.46. The summed E-state index contributed by atoms with van der Waals surface area (Å²) in [6.07, 6.45) is 0.382. The van der Waals surface area contributed by atoms with Crippen molar-refractivity contribution in [2.45, 2.75) is 79.3 Å². The van der Waals surface area contributed by atoms with Gasteiger partial charge >= 0.3 is 0 Å². The number of nitrogens with zero attached hydrogens (tertiary/aromatic N) is 4. The van der Waals surface area contributed by atoms with Gasteiger partial charge in [-0.15, -0.1) is 0 Å². The third-order valence-electron chi connectivity index (χ3n) is 15.5. The number of hydrogen-bond acceptors (Lipinski definition) is 3. The Morgan fingerprint density at radius 2 is 1.13 bits per heavy atom. The van der Waals surface area contributed by atoms with Gasteiger partial charge in [-0.3, -0.25) is 4.57 Å². The molecular weight excluding hydrogens is 937 g/mol. The minimum absolute atomic E-state index is 0.0648. The Bertz CT molecular complexity index is 4480. The Labute approximate surface area is 454 Å². The number of fused-ring (bicyclic) bond motifs is 10. The monoisotopic (exact) mass is 1000 g/mol. The van der Waals surface area contributed by atoms with Crippen LogP contribution in [0.4, 0.5) is 11.4 Å². The summed E-state index contributed by atoms with van der Waals surface area (Å²) in [6.45, 7) is 17.9. The van der Waals surface area contributed by atoms with Crippen LogP contribution >= 0.6 is 0 Å². The van der Waals surface area contributed by atoms with Crippen molar-refractivity contribution in [1.82, 2.24) is 14.1 Å². The van der Waals surface area contributed by atoms with Gasteiger partial charge in [0.1, 0.15) is 24.0 Å². The van der Waals surface area contributed by atoms with Crippen LogP contribution in [0.3, 0.4) is 0 Å². The van der Waals surface area contributed by atoms with Crippen LogP contribution in [0.5, 0.6) is 11.5 Å². The summed E-state index contributed by atoms with van der Waals surface area (Å²) in [5, 5.41) is 9.20. The molecule has 0 aliphatic carbocycles. The SMILES string of the molecule is [2H]C([2H])(c1cc(-c2cccc3c4ccccc4c4ccccc4c4cccc5c4n(c23)CN5c2cccc(Oc3ccc4c5c(-c6ccccc6)cccc5n(-c5cc(C(C)(C)C)ccn5)c4c3)c2)cc(C(C)(C)C)c1)C(C)C. The molecule has 0 saturated heterocycles. The molecule has 378 valence electrons. The van der Waals surface area contributed by atoms with E-state index in [1.807, 2.05) is 26.1 Å². The van der Waals surface area contributed by atoms with Gasteiger partial charge in [-0.25, -0.2) is 4.98 Å². The van der Waals surface area contributed by atoms with Crippen molar-refractivity contribution >= 4 is 76.5 Å². The first-order chi connectivity index (χ1) is 38.0. The molecule has 77 heavy (non-hydrogen) atoms. The zero-order valence-corrected chi connectivity index (χ0v) is 45.2. The molecule has 0 radical (unpaired) electrons. The van der Waals surface area contributed by atoms with Gasteiger partial charge in [0.05, 0.1) is 27.8 Å². The molecule has 9 aromatic carbocycles. The first-order valence-corrected chi connectivity index (χ1v) is 27.1. The van der Waals surface area contributed by atoms with Crippen LogP contribution in [-0.2, 0) is 23.9 Å². The number of benzene rings is 9. The van der Waals surface area contributed by atoms with Crippen LogP contribution < -0.4 is 9.64 Å². The lowest BCUT2D eigenvalue weighted by Gasteiger charge is -2.23. The van der Waals surface area contributed by atoms with Gasteiger partial charge in [0.2, 0.25) is 0 Å². The molecule has 0 fully saturated rings. The second kappa shape index (κ2) is 18.6. The molecule has 0 amide bonds. The topological polar surface area (TPSA) is 35.2 Å². The van der Waals surface area contributed by atoms with Crippen LogP contribution in [0.25, 0.3) is 93.2 Å². The molecule has 0 unspecified atom stereocenters. The first-order valence-electron chi connectivity index (χ1n) is 28.1. The van der Waals surface area contributed by atoms with Gasteiger partial charge in [0.25, 0.3) is 0 Å². The fourth-order valence-electron chi connectivity index (χ4n) is 11.8. The Balaban J connectivity index is 1.00.